The number of carbonyl (C=O) groups is 1. The van der Waals surface area contributed by atoms with Gasteiger partial charge < -0.3 is 9.88 Å². The third-order valence-corrected chi connectivity index (χ3v) is 6.66. The fourth-order valence-electron chi connectivity index (χ4n) is 4.28. The maximum atomic E-state index is 13.8. The minimum atomic E-state index is -0.590. The number of hydrogen-bond acceptors (Lipinski definition) is 4. The highest BCUT2D eigenvalue weighted by Crippen LogP contribution is 2.40. The van der Waals surface area contributed by atoms with Gasteiger partial charge in [-0.25, -0.2) is 4.98 Å². The third kappa shape index (κ3) is 3.28. The SMILES string of the molecule is Cc1ccc(-n2nccn2)c(C(=O)N2CCC[C@@]2(C)c2nc3cc(Cl)c(Cl)cc3[nH]2)c1. The Morgan fingerprint density at radius 1 is 1.13 bits per heavy atom. The lowest BCUT2D eigenvalue weighted by atomic mass is 9.96. The van der Waals surface area contributed by atoms with Crippen molar-refractivity contribution in [3.63, 3.8) is 0 Å². The van der Waals surface area contributed by atoms with Gasteiger partial charge in [0.15, 0.2) is 0 Å². The second-order valence-corrected chi connectivity index (χ2v) is 8.86. The molecule has 0 bridgehead atoms. The molecule has 1 atom stereocenters. The number of fused-ring (bicyclic) bond motifs is 1. The topological polar surface area (TPSA) is 79.7 Å². The van der Waals surface area contributed by atoms with Gasteiger partial charge in [0.05, 0.1) is 50.3 Å². The summed E-state index contributed by atoms with van der Waals surface area (Å²) >= 11 is 12.3. The number of carbonyl (C=O) groups excluding carboxylic acids is 1. The molecule has 1 aliphatic heterocycles. The number of H-pyrrole nitrogens is 1. The average Bonchev–Trinajstić information content (AvgIpc) is 3.48. The summed E-state index contributed by atoms with van der Waals surface area (Å²) in [5, 5.41) is 9.35. The fourth-order valence-corrected chi connectivity index (χ4v) is 4.60. The summed E-state index contributed by atoms with van der Waals surface area (Å²) in [4.78, 5) is 25.3. The van der Waals surface area contributed by atoms with Crippen molar-refractivity contribution in [1.29, 1.82) is 0 Å². The molecule has 0 unspecified atom stereocenters. The molecule has 0 aliphatic carbocycles. The molecule has 0 saturated carbocycles. The maximum absolute atomic E-state index is 13.8. The van der Waals surface area contributed by atoms with Crippen LogP contribution in [0.5, 0.6) is 0 Å². The Morgan fingerprint density at radius 3 is 2.65 bits per heavy atom. The molecule has 9 heteroatoms. The Kier molecular flexibility index (Phi) is 4.75. The summed E-state index contributed by atoms with van der Waals surface area (Å²) in [5.74, 6) is 0.644. The van der Waals surface area contributed by atoms with Gasteiger partial charge in [-0.3, -0.25) is 4.79 Å². The van der Waals surface area contributed by atoms with E-state index in [1.807, 2.05) is 36.9 Å². The second-order valence-electron chi connectivity index (χ2n) is 8.04. The highest BCUT2D eigenvalue weighted by Gasteiger charge is 2.44. The van der Waals surface area contributed by atoms with E-state index in [-0.39, 0.29) is 5.91 Å². The predicted octanol–water partition coefficient (Wildman–Crippen LogP) is 4.91. The van der Waals surface area contributed by atoms with Crippen LogP contribution in [0.1, 0.15) is 41.5 Å². The van der Waals surface area contributed by atoms with Crippen LogP contribution in [0.3, 0.4) is 0 Å². The first-order valence-electron chi connectivity index (χ1n) is 10.0. The van der Waals surface area contributed by atoms with Gasteiger partial charge >= 0.3 is 0 Å². The lowest BCUT2D eigenvalue weighted by molar-refractivity contribution is 0.0605. The Bertz CT molecular complexity index is 1260. The molecule has 0 radical (unpaired) electrons. The zero-order valence-corrected chi connectivity index (χ0v) is 18.6. The van der Waals surface area contributed by atoms with Crippen LogP contribution in [0.15, 0.2) is 42.7 Å². The number of halogens is 2. The standard InChI is InChI=1S/C22H20Cl2N6O/c1-13-4-5-19(30-25-7-8-26-30)14(10-13)20(31)29-9-3-6-22(29,2)21-27-17-11-15(23)16(24)12-18(17)28-21/h4-5,7-8,10-12H,3,6,9H2,1-2H3,(H,27,28)/t22-/m0/s1. The molecular formula is C22H20Cl2N6O. The van der Waals surface area contributed by atoms with Gasteiger partial charge in [0.25, 0.3) is 5.91 Å². The van der Waals surface area contributed by atoms with E-state index in [1.165, 1.54) is 4.80 Å². The van der Waals surface area contributed by atoms with Gasteiger partial charge in [0.1, 0.15) is 5.82 Å². The highest BCUT2D eigenvalue weighted by atomic mass is 35.5. The van der Waals surface area contributed by atoms with Crippen molar-refractivity contribution in [2.45, 2.75) is 32.2 Å². The number of likely N-dealkylation sites (tertiary alicyclic amines) is 1. The van der Waals surface area contributed by atoms with Crippen LogP contribution in [0.4, 0.5) is 0 Å². The van der Waals surface area contributed by atoms with Gasteiger partial charge in [-0.05, 0) is 51.0 Å². The monoisotopic (exact) mass is 454 g/mol. The fraction of sp³-hybridized carbons (Fsp3) is 0.273. The molecular weight excluding hydrogens is 435 g/mol. The van der Waals surface area contributed by atoms with E-state index in [2.05, 4.69) is 15.2 Å². The molecule has 7 nitrogen and oxygen atoms in total. The van der Waals surface area contributed by atoms with Crippen LogP contribution in [0.25, 0.3) is 16.7 Å². The molecule has 158 valence electrons. The van der Waals surface area contributed by atoms with Crippen molar-refractivity contribution in [2.24, 2.45) is 0 Å². The highest BCUT2D eigenvalue weighted by molar-refractivity contribution is 6.42. The molecule has 5 rings (SSSR count). The summed E-state index contributed by atoms with van der Waals surface area (Å²) in [6.45, 7) is 4.64. The molecule has 1 saturated heterocycles. The van der Waals surface area contributed by atoms with E-state index in [4.69, 9.17) is 28.2 Å². The van der Waals surface area contributed by atoms with Crippen LogP contribution < -0.4 is 0 Å². The van der Waals surface area contributed by atoms with Crippen LogP contribution in [-0.2, 0) is 5.54 Å². The van der Waals surface area contributed by atoms with E-state index in [0.717, 1.165) is 35.3 Å². The minimum absolute atomic E-state index is 0.0764. The number of imidazole rings is 1. The van der Waals surface area contributed by atoms with Crippen LogP contribution in [0.2, 0.25) is 10.0 Å². The van der Waals surface area contributed by atoms with Crippen molar-refractivity contribution in [1.82, 2.24) is 29.9 Å². The normalized spacial score (nSPS) is 18.8. The second kappa shape index (κ2) is 7.35. The summed E-state index contributed by atoms with van der Waals surface area (Å²) in [6.07, 6.45) is 4.86. The number of aromatic amines is 1. The molecule has 1 aliphatic rings. The first-order chi connectivity index (χ1) is 14.9. The molecule has 31 heavy (non-hydrogen) atoms. The van der Waals surface area contributed by atoms with E-state index < -0.39 is 5.54 Å². The Labute approximate surface area is 189 Å². The van der Waals surface area contributed by atoms with Gasteiger partial charge in [-0.2, -0.15) is 15.0 Å². The molecule has 4 aromatic rings. The van der Waals surface area contributed by atoms with Gasteiger partial charge in [-0.15, -0.1) is 0 Å². The molecule has 1 amide bonds. The Morgan fingerprint density at radius 2 is 1.87 bits per heavy atom. The molecule has 0 spiro atoms. The summed E-state index contributed by atoms with van der Waals surface area (Å²) in [6, 6.07) is 9.22. The zero-order chi connectivity index (χ0) is 21.8. The lowest BCUT2D eigenvalue weighted by Crippen LogP contribution is -2.44. The lowest BCUT2D eigenvalue weighted by Gasteiger charge is -2.34. The summed E-state index contributed by atoms with van der Waals surface area (Å²) in [5.41, 5.74) is 3.13. The molecule has 2 aromatic carbocycles. The van der Waals surface area contributed by atoms with Crippen LogP contribution in [0, 0.1) is 6.92 Å². The number of rotatable bonds is 3. The number of nitrogens with zero attached hydrogens (tertiary/aromatic N) is 5. The Balaban J connectivity index is 1.58. The van der Waals surface area contributed by atoms with Crippen molar-refractivity contribution in [2.75, 3.05) is 6.54 Å². The average molecular weight is 455 g/mol. The number of aromatic nitrogens is 5. The summed E-state index contributed by atoms with van der Waals surface area (Å²) in [7, 11) is 0. The van der Waals surface area contributed by atoms with Crippen molar-refractivity contribution >= 4 is 40.1 Å². The van der Waals surface area contributed by atoms with Gasteiger partial charge in [0, 0.05) is 6.54 Å². The number of benzene rings is 2. The maximum Gasteiger partial charge on any atom is 0.256 e. The third-order valence-electron chi connectivity index (χ3n) is 5.94. The molecule has 2 aromatic heterocycles. The first kappa shape index (κ1) is 20.0. The number of nitrogens with one attached hydrogen (secondary N) is 1. The van der Waals surface area contributed by atoms with Crippen molar-refractivity contribution in [3.8, 4) is 5.69 Å². The molecule has 3 heterocycles. The quantitative estimate of drug-likeness (QED) is 0.476. The predicted molar refractivity (Wildman–Crippen MR) is 120 cm³/mol. The van der Waals surface area contributed by atoms with Crippen molar-refractivity contribution in [3.05, 3.63) is 69.7 Å². The minimum Gasteiger partial charge on any atom is -0.340 e. The van der Waals surface area contributed by atoms with E-state index in [1.54, 1.807) is 24.5 Å². The zero-order valence-electron chi connectivity index (χ0n) is 17.1. The largest absolute Gasteiger partial charge is 0.340 e. The summed E-state index contributed by atoms with van der Waals surface area (Å²) < 4.78 is 0. The number of aryl methyl sites for hydroxylation is 1. The first-order valence-corrected chi connectivity index (χ1v) is 10.8. The van der Waals surface area contributed by atoms with Crippen LogP contribution >= 0.6 is 23.2 Å². The van der Waals surface area contributed by atoms with Crippen LogP contribution in [-0.4, -0.2) is 42.3 Å². The van der Waals surface area contributed by atoms with Crippen molar-refractivity contribution < 1.29 is 4.79 Å². The smallest absolute Gasteiger partial charge is 0.256 e. The Hall–Kier alpha value is -2.90. The van der Waals surface area contributed by atoms with E-state index in [9.17, 15) is 4.79 Å². The molecule has 1 N–H and O–H groups in total. The van der Waals surface area contributed by atoms with Gasteiger partial charge in [0.2, 0.25) is 0 Å². The number of amides is 1. The van der Waals surface area contributed by atoms with Gasteiger partial charge in [-0.1, -0.05) is 34.8 Å². The van der Waals surface area contributed by atoms with E-state index in [0.29, 0.717) is 27.8 Å². The van der Waals surface area contributed by atoms with E-state index >= 15 is 0 Å². The number of hydrogen-bond donors (Lipinski definition) is 1. The molecule has 1 fully saturated rings.